The number of hydrogen-bond donors (Lipinski definition) is 1. The van der Waals surface area contributed by atoms with Crippen LogP contribution in [0.1, 0.15) is 17.5 Å². The Morgan fingerprint density at radius 2 is 2.17 bits per heavy atom. The number of phenols is 1. The molecule has 0 fully saturated rings. The summed E-state index contributed by atoms with van der Waals surface area (Å²) in [6, 6.07) is 9.53. The van der Waals surface area contributed by atoms with Crippen molar-refractivity contribution >= 4 is 23.2 Å². The van der Waals surface area contributed by atoms with E-state index in [9.17, 15) is 9.90 Å². The lowest BCUT2D eigenvalue weighted by Gasteiger charge is -2.19. The van der Waals surface area contributed by atoms with Gasteiger partial charge in [0.2, 0.25) is 0 Å². The van der Waals surface area contributed by atoms with Crippen molar-refractivity contribution in [2.75, 3.05) is 11.4 Å². The van der Waals surface area contributed by atoms with Crippen LogP contribution in [0.2, 0.25) is 5.22 Å². The lowest BCUT2D eigenvalue weighted by molar-refractivity contribution is 0.0962. The van der Waals surface area contributed by atoms with E-state index in [1.807, 2.05) is 6.92 Å². The van der Waals surface area contributed by atoms with E-state index < -0.39 is 0 Å². The second kappa shape index (κ2) is 5.14. The minimum Gasteiger partial charge on any atom is -0.508 e. The molecule has 1 N–H and O–H groups in total. The molecule has 0 aliphatic rings. The summed E-state index contributed by atoms with van der Waals surface area (Å²) in [5.74, 6) is -0.0172. The van der Waals surface area contributed by atoms with E-state index in [-0.39, 0.29) is 22.6 Å². The zero-order valence-electron chi connectivity index (χ0n) is 9.76. The lowest BCUT2D eigenvalue weighted by atomic mass is 10.2. The second-order valence-corrected chi connectivity index (χ2v) is 4.05. The fraction of sp³-hybridized carbons (Fsp3) is 0.154. The summed E-state index contributed by atoms with van der Waals surface area (Å²) in [5, 5.41) is 9.60. The Morgan fingerprint density at radius 1 is 1.39 bits per heavy atom. The van der Waals surface area contributed by atoms with Crippen molar-refractivity contribution < 1.29 is 14.3 Å². The molecule has 2 rings (SSSR count). The van der Waals surface area contributed by atoms with Crippen LogP contribution in [-0.4, -0.2) is 17.6 Å². The molecular formula is C13H12ClNO3. The molecule has 1 aromatic carbocycles. The highest BCUT2D eigenvalue weighted by molar-refractivity contribution is 6.29. The highest BCUT2D eigenvalue weighted by atomic mass is 35.5. The van der Waals surface area contributed by atoms with Crippen LogP contribution >= 0.6 is 11.6 Å². The van der Waals surface area contributed by atoms with Gasteiger partial charge in [0.25, 0.3) is 5.91 Å². The lowest BCUT2D eigenvalue weighted by Crippen LogP contribution is -2.30. The smallest absolute Gasteiger partial charge is 0.294 e. The van der Waals surface area contributed by atoms with Crippen LogP contribution in [0.15, 0.2) is 40.8 Å². The predicted octanol–water partition coefficient (Wildman–Crippen LogP) is 3.31. The monoisotopic (exact) mass is 265 g/mol. The van der Waals surface area contributed by atoms with Crippen LogP contribution in [-0.2, 0) is 0 Å². The average molecular weight is 266 g/mol. The normalized spacial score (nSPS) is 10.3. The maximum atomic E-state index is 12.2. The summed E-state index contributed by atoms with van der Waals surface area (Å²) in [4.78, 5) is 13.7. The number of carbonyl (C=O) groups is 1. The summed E-state index contributed by atoms with van der Waals surface area (Å²) in [7, 11) is 0. The molecule has 0 radical (unpaired) electrons. The van der Waals surface area contributed by atoms with E-state index >= 15 is 0 Å². The Labute approximate surface area is 109 Å². The molecule has 4 nitrogen and oxygen atoms in total. The first-order valence-electron chi connectivity index (χ1n) is 5.48. The van der Waals surface area contributed by atoms with Gasteiger partial charge in [0, 0.05) is 18.3 Å². The van der Waals surface area contributed by atoms with Crippen LogP contribution in [0, 0.1) is 0 Å². The number of anilines is 1. The van der Waals surface area contributed by atoms with E-state index in [4.69, 9.17) is 16.0 Å². The number of amides is 1. The maximum Gasteiger partial charge on any atom is 0.294 e. The number of aromatic hydroxyl groups is 1. The molecule has 0 aliphatic carbocycles. The van der Waals surface area contributed by atoms with Gasteiger partial charge in [-0.3, -0.25) is 4.79 Å². The number of benzene rings is 1. The molecule has 2 aromatic rings. The van der Waals surface area contributed by atoms with Crippen LogP contribution in [0.4, 0.5) is 5.69 Å². The molecule has 1 heterocycles. The molecule has 1 amide bonds. The fourth-order valence-electron chi connectivity index (χ4n) is 1.67. The first kappa shape index (κ1) is 12.5. The number of phenolic OH excluding ortho intramolecular Hbond substituents is 1. The molecule has 0 spiro atoms. The molecule has 0 bridgehead atoms. The minimum atomic E-state index is -0.296. The molecule has 0 saturated carbocycles. The van der Waals surface area contributed by atoms with Crippen LogP contribution < -0.4 is 4.90 Å². The molecule has 0 atom stereocenters. The van der Waals surface area contributed by atoms with Crippen molar-refractivity contribution in [2.45, 2.75) is 6.92 Å². The van der Waals surface area contributed by atoms with Gasteiger partial charge in [-0.2, -0.15) is 0 Å². The van der Waals surface area contributed by atoms with E-state index in [0.29, 0.717) is 12.2 Å². The highest BCUT2D eigenvalue weighted by Crippen LogP contribution is 2.23. The van der Waals surface area contributed by atoms with E-state index in [2.05, 4.69) is 0 Å². The van der Waals surface area contributed by atoms with Crippen molar-refractivity contribution in [2.24, 2.45) is 0 Å². The van der Waals surface area contributed by atoms with Crippen LogP contribution in [0.3, 0.4) is 0 Å². The standard InChI is InChI=1S/C13H12ClNO3/c1-2-15(9-4-3-5-10(16)8-9)13(17)11-6-7-12(14)18-11/h3-8,16H,2H2,1H3. The van der Waals surface area contributed by atoms with Crippen LogP contribution in [0.5, 0.6) is 5.75 Å². The molecule has 0 saturated heterocycles. The van der Waals surface area contributed by atoms with Gasteiger partial charge in [-0.25, -0.2) is 0 Å². The zero-order chi connectivity index (χ0) is 13.1. The Balaban J connectivity index is 2.31. The Hall–Kier alpha value is -1.94. The van der Waals surface area contributed by atoms with Gasteiger partial charge in [-0.15, -0.1) is 0 Å². The van der Waals surface area contributed by atoms with Crippen molar-refractivity contribution in [1.29, 1.82) is 0 Å². The summed E-state index contributed by atoms with van der Waals surface area (Å²) < 4.78 is 5.09. The Morgan fingerprint density at radius 3 is 2.72 bits per heavy atom. The first-order chi connectivity index (χ1) is 8.61. The molecular weight excluding hydrogens is 254 g/mol. The van der Waals surface area contributed by atoms with Crippen LogP contribution in [0.25, 0.3) is 0 Å². The predicted molar refractivity (Wildman–Crippen MR) is 69.2 cm³/mol. The number of halogens is 1. The molecule has 0 aliphatic heterocycles. The summed E-state index contributed by atoms with van der Waals surface area (Å²) in [5.41, 5.74) is 0.607. The highest BCUT2D eigenvalue weighted by Gasteiger charge is 2.19. The van der Waals surface area contributed by atoms with Crippen molar-refractivity contribution in [3.63, 3.8) is 0 Å². The first-order valence-corrected chi connectivity index (χ1v) is 5.86. The van der Waals surface area contributed by atoms with Gasteiger partial charge < -0.3 is 14.4 Å². The quantitative estimate of drug-likeness (QED) is 0.926. The van der Waals surface area contributed by atoms with E-state index in [0.717, 1.165) is 0 Å². The number of carbonyl (C=O) groups excluding carboxylic acids is 1. The maximum absolute atomic E-state index is 12.2. The minimum absolute atomic E-state index is 0.108. The van der Waals surface area contributed by atoms with E-state index in [1.165, 1.54) is 23.1 Å². The third-order valence-corrected chi connectivity index (χ3v) is 2.69. The number of hydrogen-bond acceptors (Lipinski definition) is 3. The van der Waals surface area contributed by atoms with E-state index in [1.54, 1.807) is 18.2 Å². The van der Waals surface area contributed by atoms with Gasteiger partial charge in [-0.1, -0.05) is 6.07 Å². The Bertz CT molecular complexity index is 565. The molecule has 1 aromatic heterocycles. The number of nitrogens with zero attached hydrogens (tertiary/aromatic N) is 1. The largest absolute Gasteiger partial charge is 0.508 e. The summed E-state index contributed by atoms with van der Waals surface area (Å²) in [6.07, 6.45) is 0. The van der Waals surface area contributed by atoms with Gasteiger partial charge in [0.15, 0.2) is 11.0 Å². The Kier molecular flexibility index (Phi) is 3.58. The summed E-state index contributed by atoms with van der Waals surface area (Å²) >= 11 is 5.65. The topological polar surface area (TPSA) is 53.7 Å². The summed E-state index contributed by atoms with van der Waals surface area (Å²) in [6.45, 7) is 2.30. The SMILES string of the molecule is CCN(C(=O)c1ccc(Cl)o1)c1cccc(O)c1. The number of rotatable bonds is 3. The third-order valence-electron chi connectivity index (χ3n) is 2.49. The van der Waals surface area contributed by atoms with Gasteiger partial charge >= 0.3 is 0 Å². The van der Waals surface area contributed by atoms with Gasteiger partial charge in [-0.05, 0) is 42.8 Å². The molecule has 0 unspecified atom stereocenters. The molecule has 5 heteroatoms. The van der Waals surface area contributed by atoms with Crippen molar-refractivity contribution in [3.05, 3.63) is 47.4 Å². The van der Waals surface area contributed by atoms with Gasteiger partial charge in [0.05, 0.1) is 0 Å². The molecule has 18 heavy (non-hydrogen) atoms. The fourth-order valence-corrected chi connectivity index (χ4v) is 1.81. The third kappa shape index (κ3) is 2.49. The average Bonchev–Trinajstić information content (AvgIpc) is 2.77. The zero-order valence-corrected chi connectivity index (χ0v) is 10.5. The molecule has 94 valence electrons. The van der Waals surface area contributed by atoms with Crippen molar-refractivity contribution in [3.8, 4) is 5.75 Å². The second-order valence-electron chi connectivity index (χ2n) is 3.67. The van der Waals surface area contributed by atoms with Crippen molar-refractivity contribution in [1.82, 2.24) is 0 Å². The van der Waals surface area contributed by atoms with Gasteiger partial charge in [0.1, 0.15) is 5.75 Å². The number of furan rings is 1.